The number of carbonyl (C=O) groups is 3. The first-order valence-electron chi connectivity index (χ1n) is 9.63. The molecule has 0 fully saturated rings. The molecule has 3 amide bonds. The van der Waals surface area contributed by atoms with Gasteiger partial charge in [-0.05, 0) is 36.6 Å². The number of ether oxygens (including phenoxy) is 1. The molecule has 2 N–H and O–H groups in total. The Morgan fingerprint density at radius 2 is 1.83 bits per heavy atom. The monoisotopic (exact) mass is 408 g/mol. The predicted molar refractivity (Wildman–Crippen MR) is 111 cm³/mol. The van der Waals surface area contributed by atoms with Crippen LogP contribution in [0.2, 0.25) is 0 Å². The molecule has 0 aromatic heterocycles. The summed E-state index contributed by atoms with van der Waals surface area (Å²) < 4.78 is 5.51. The van der Waals surface area contributed by atoms with Crippen LogP contribution in [0.4, 0.5) is 0 Å². The van der Waals surface area contributed by atoms with E-state index >= 15 is 0 Å². The van der Waals surface area contributed by atoms with Crippen LogP contribution in [-0.4, -0.2) is 35.0 Å². The topological polar surface area (TPSA) is 100 Å². The lowest BCUT2D eigenvalue weighted by Gasteiger charge is -2.23. The number of benzene rings is 2. The zero-order valence-corrected chi connectivity index (χ0v) is 17.0. The molecule has 8 nitrogen and oxygen atoms in total. The molecule has 156 valence electrons. The van der Waals surface area contributed by atoms with Crippen molar-refractivity contribution in [2.45, 2.75) is 33.2 Å². The molecule has 8 heteroatoms. The van der Waals surface area contributed by atoms with Crippen LogP contribution in [0.3, 0.4) is 0 Å². The highest BCUT2D eigenvalue weighted by molar-refractivity contribution is 6.39. The Hall–Kier alpha value is -3.68. The van der Waals surface area contributed by atoms with E-state index in [0.29, 0.717) is 5.75 Å². The van der Waals surface area contributed by atoms with Gasteiger partial charge in [-0.1, -0.05) is 42.5 Å². The molecule has 0 spiro atoms. The average Bonchev–Trinajstić information content (AvgIpc) is 2.75. The minimum absolute atomic E-state index is 0.152. The van der Waals surface area contributed by atoms with Crippen molar-refractivity contribution < 1.29 is 19.1 Å². The highest BCUT2D eigenvalue weighted by Crippen LogP contribution is 2.18. The SMILES string of the molecule is Cc1ccc(C)c(OCC(=O)NNC(=O)C2=NN(Cc3ccccc3)C(=O)CC2)c1. The van der Waals surface area contributed by atoms with Gasteiger partial charge in [-0.2, -0.15) is 5.10 Å². The van der Waals surface area contributed by atoms with E-state index in [2.05, 4.69) is 16.0 Å². The fourth-order valence-electron chi connectivity index (χ4n) is 2.89. The van der Waals surface area contributed by atoms with Crippen molar-refractivity contribution in [1.29, 1.82) is 0 Å². The van der Waals surface area contributed by atoms with Gasteiger partial charge in [0.1, 0.15) is 11.5 Å². The molecule has 1 aliphatic rings. The quantitative estimate of drug-likeness (QED) is 0.714. The van der Waals surface area contributed by atoms with Crippen molar-refractivity contribution in [2.24, 2.45) is 5.10 Å². The Balaban J connectivity index is 1.52. The van der Waals surface area contributed by atoms with Crippen molar-refractivity contribution >= 4 is 23.4 Å². The van der Waals surface area contributed by atoms with Crippen molar-refractivity contribution in [3.63, 3.8) is 0 Å². The lowest BCUT2D eigenvalue weighted by Crippen LogP contribution is -2.48. The molecule has 2 aromatic rings. The molecule has 1 aliphatic heterocycles. The number of aryl methyl sites for hydroxylation is 2. The number of carbonyl (C=O) groups excluding carboxylic acids is 3. The number of hydrazine groups is 1. The highest BCUT2D eigenvalue weighted by atomic mass is 16.5. The first-order valence-corrected chi connectivity index (χ1v) is 9.63. The minimum Gasteiger partial charge on any atom is -0.483 e. The maximum absolute atomic E-state index is 12.3. The van der Waals surface area contributed by atoms with Gasteiger partial charge in [0.2, 0.25) is 5.91 Å². The minimum atomic E-state index is -0.555. The molecule has 0 bridgehead atoms. The Morgan fingerprint density at radius 1 is 1.07 bits per heavy atom. The molecule has 0 saturated carbocycles. The van der Waals surface area contributed by atoms with E-state index in [0.717, 1.165) is 16.7 Å². The average molecular weight is 408 g/mol. The summed E-state index contributed by atoms with van der Waals surface area (Å²) in [6.07, 6.45) is 0.396. The fraction of sp³-hybridized carbons (Fsp3) is 0.273. The number of hydrogen-bond acceptors (Lipinski definition) is 5. The zero-order valence-electron chi connectivity index (χ0n) is 17.0. The van der Waals surface area contributed by atoms with Crippen LogP contribution >= 0.6 is 0 Å². The summed E-state index contributed by atoms with van der Waals surface area (Å²) in [5.74, 6) is -0.594. The summed E-state index contributed by atoms with van der Waals surface area (Å²) in [6.45, 7) is 3.86. The van der Waals surface area contributed by atoms with E-state index < -0.39 is 11.8 Å². The van der Waals surface area contributed by atoms with Gasteiger partial charge >= 0.3 is 0 Å². The van der Waals surface area contributed by atoms with Crippen LogP contribution in [0.15, 0.2) is 53.6 Å². The molecule has 30 heavy (non-hydrogen) atoms. The molecule has 0 radical (unpaired) electrons. The lowest BCUT2D eigenvalue weighted by molar-refractivity contribution is -0.132. The maximum atomic E-state index is 12.3. The van der Waals surface area contributed by atoms with E-state index in [1.54, 1.807) is 0 Å². The lowest BCUT2D eigenvalue weighted by atomic mass is 10.1. The molecular formula is C22H24N4O4. The number of hydrogen-bond donors (Lipinski definition) is 2. The third-order valence-electron chi connectivity index (χ3n) is 4.56. The third-order valence-corrected chi connectivity index (χ3v) is 4.56. The van der Waals surface area contributed by atoms with Gasteiger partial charge in [0.05, 0.1) is 6.54 Å². The molecule has 2 aromatic carbocycles. The van der Waals surface area contributed by atoms with Gasteiger partial charge in [-0.3, -0.25) is 25.2 Å². The first kappa shape index (κ1) is 21.0. The fourth-order valence-corrected chi connectivity index (χ4v) is 2.89. The molecule has 0 atom stereocenters. The van der Waals surface area contributed by atoms with Gasteiger partial charge in [0.15, 0.2) is 6.61 Å². The maximum Gasteiger partial charge on any atom is 0.285 e. The van der Waals surface area contributed by atoms with E-state index in [-0.39, 0.29) is 37.6 Å². The summed E-state index contributed by atoms with van der Waals surface area (Å²) in [7, 11) is 0. The Morgan fingerprint density at radius 3 is 2.60 bits per heavy atom. The summed E-state index contributed by atoms with van der Waals surface area (Å²) in [4.78, 5) is 36.5. The zero-order chi connectivity index (χ0) is 21.5. The Labute approximate surface area is 174 Å². The van der Waals surface area contributed by atoms with Gasteiger partial charge in [0, 0.05) is 12.8 Å². The number of hydrazone groups is 1. The standard InChI is InChI=1S/C22H24N4O4/c1-15-8-9-16(2)19(12-15)30-14-20(27)23-24-22(29)18-10-11-21(28)26(25-18)13-17-6-4-3-5-7-17/h3-9,12H,10-11,13-14H2,1-2H3,(H,23,27)(H,24,29). The van der Waals surface area contributed by atoms with E-state index in [1.807, 2.05) is 62.4 Å². The van der Waals surface area contributed by atoms with Gasteiger partial charge in [-0.25, -0.2) is 5.01 Å². The molecule has 3 rings (SSSR count). The van der Waals surface area contributed by atoms with E-state index in [9.17, 15) is 14.4 Å². The Bertz CT molecular complexity index is 972. The Kier molecular flexibility index (Phi) is 6.79. The molecule has 1 heterocycles. The van der Waals surface area contributed by atoms with Gasteiger partial charge in [-0.15, -0.1) is 0 Å². The van der Waals surface area contributed by atoms with Crippen molar-refractivity contribution in [3.8, 4) is 5.75 Å². The second-order valence-corrected chi connectivity index (χ2v) is 7.04. The number of nitrogens with zero attached hydrogens (tertiary/aromatic N) is 2. The largest absolute Gasteiger partial charge is 0.483 e. The summed E-state index contributed by atoms with van der Waals surface area (Å²) >= 11 is 0. The highest BCUT2D eigenvalue weighted by Gasteiger charge is 2.24. The molecular weight excluding hydrogens is 384 g/mol. The normalized spacial score (nSPS) is 13.5. The smallest absolute Gasteiger partial charge is 0.285 e. The number of nitrogens with one attached hydrogen (secondary N) is 2. The predicted octanol–water partition coefficient (Wildman–Crippen LogP) is 2.01. The van der Waals surface area contributed by atoms with Crippen LogP contribution < -0.4 is 15.6 Å². The summed E-state index contributed by atoms with van der Waals surface area (Å²) in [5.41, 5.74) is 7.67. The van der Waals surface area contributed by atoms with Crippen LogP contribution in [0.25, 0.3) is 0 Å². The van der Waals surface area contributed by atoms with Crippen LogP contribution in [0.5, 0.6) is 5.75 Å². The van der Waals surface area contributed by atoms with Crippen molar-refractivity contribution in [2.75, 3.05) is 6.61 Å². The van der Waals surface area contributed by atoms with Crippen LogP contribution in [-0.2, 0) is 20.9 Å². The molecule has 0 unspecified atom stereocenters. The molecule has 0 aliphatic carbocycles. The van der Waals surface area contributed by atoms with Crippen LogP contribution in [0, 0.1) is 13.8 Å². The van der Waals surface area contributed by atoms with E-state index in [4.69, 9.17) is 4.74 Å². The van der Waals surface area contributed by atoms with E-state index in [1.165, 1.54) is 5.01 Å². The first-order chi connectivity index (χ1) is 14.4. The van der Waals surface area contributed by atoms with Gasteiger partial charge in [0.25, 0.3) is 11.8 Å². The summed E-state index contributed by atoms with van der Waals surface area (Å²) in [5, 5.41) is 5.43. The number of rotatable bonds is 6. The van der Waals surface area contributed by atoms with Crippen molar-refractivity contribution in [1.82, 2.24) is 15.9 Å². The second-order valence-electron chi connectivity index (χ2n) is 7.04. The second kappa shape index (κ2) is 9.69. The van der Waals surface area contributed by atoms with Crippen LogP contribution in [0.1, 0.15) is 29.5 Å². The molecule has 0 saturated heterocycles. The summed E-state index contributed by atoms with van der Waals surface area (Å²) in [6, 6.07) is 15.1. The third kappa shape index (κ3) is 5.66. The van der Waals surface area contributed by atoms with Crippen molar-refractivity contribution in [3.05, 3.63) is 65.2 Å². The van der Waals surface area contributed by atoms with Gasteiger partial charge < -0.3 is 4.74 Å². The number of amides is 3.